The van der Waals surface area contributed by atoms with Gasteiger partial charge in [0.15, 0.2) is 0 Å². The van der Waals surface area contributed by atoms with Crippen molar-refractivity contribution in [3.63, 3.8) is 0 Å². The summed E-state index contributed by atoms with van der Waals surface area (Å²) < 4.78 is 11.6. The number of hydrogen-bond acceptors (Lipinski definition) is 4. The summed E-state index contributed by atoms with van der Waals surface area (Å²) in [4.78, 5) is 13.8. The van der Waals surface area contributed by atoms with Gasteiger partial charge in [0.2, 0.25) is 0 Å². The lowest BCUT2D eigenvalue weighted by Crippen LogP contribution is -2.58. The zero-order valence-corrected chi connectivity index (χ0v) is 17.7. The quantitative estimate of drug-likeness (QED) is 0.644. The van der Waals surface area contributed by atoms with Gasteiger partial charge in [-0.25, -0.2) is 0 Å². The van der Waals surface area contributed by atoms with Crippen LogP contribution in [0.15, 0.2) is 42.5 Å². The lowest BCUT2D eigenvalue weighted by molar-refractivity contribution is -0.145. The molecule has 3 aliphatic rings. The van der Waals surface area contributed by atoms with Gasteiger partial charge in [-0.2, -0.15) is 0 Å². The van der Waals surface area contributed by atoms with Crippen molar-refractivity contribution in [3.8, 4) is 11.5 Å². The van der Waals surface area contributed by atoms with Gasteiger partial charge in [0, 0.05) is 25.0 Å². The predicted octanol–water partition coefficient (Wildman–Crippen LogP) is 4.06. The Labute approximate surface area is 181 Å². The first-order valence-corrected chi connectivity index (χ1v) is 10.9. The number of carbonyl (C=O) groups is 1. The zero-order chi connectivity index (χ0) is 20.8. The van der Waals surface area contributed by atoms with Gasteiger partial charge < -0.3 is 19.5 Å². The Morgan fingerprint density at radius 1 is 1.03 bits per heavy atom. The molecule has 1 heterocycles. The van der Waals surface area contributed by atoms with E-state index in [0.29, 0.717) is 30.5 Å². The third-order valence-electron chi connectivity index (χ3n) is 6.71. The Bertz CT molecular complexity index is 965. The van der Waals surface area contributed by atoms with E-state index in [2.05, 4.69) is 17.0 Å². The van der Waals surface area contributed by atoms with E-state index in [1.54, 1.807) is 0 Å². The normalized spacial score (nSPS) is 20.4. The number of hydrogen-bond donors (Lipinski definition) is 1. The van der Waals surface area contributed by atoms with Crippen molar-refractivity contribution in [1.82, 2.24) is 4.90 Å². The smallest absolute Gasteiger partial charge is 0.310 e. The van der Waals surface area contributed by atoms with Crippen molar-refractivity contribution in [2.24, 2.45) is 10.8 Å². The van der Waals surface area contributed by atoms with E-state index in [-0.39, 0.29) is 5.41 Å². The highest BCUT2D eigenvalue weighted by Gasteiger charge is 2.55. The number of fused-ring (bicyclic) bond motifs is 1. The molecular formula is C24H26ClNO4. The molecule has 30 heavy (non-hydrogen) atoms. The molecule has 2 fully saturated rings. The highest BCUT2D eigenvalue weighted by Crippen LogP contribution is 2.51. The highest BCUT2D eigenvalue weighted by atomic mass is 35.5. The summed E-state index contributed by atoms with van der Waals surface area (Å²) in [5.74, 6) is 0.912. The number of nitrogens with zero attached hydrogens (tertiary/aromatic N) is 1. The van der Waals surface area contributed by atoms with Crippen LogP contribution in [-0.4, -0.2) is 48.8 Å². The first-order chi connectivity index (χ1) is 14.5. The van der Waals surface area contributed by atoms with E-state index in [9.17, 15) is 9.90 Å². The average Bonchev–Trinajstić information content (AvgIpc) is 3.38. The van der Waals surface area contributed by atoms with Crippen LogP contribution in [0, 0.1) is 10.8 Å². The molecule has 1 N–H and O–H groups in total. The van der Waals surface area contributed by atoms with Crippen LogP contribution in [0.5, 0.6) is 11.5 Å². The molecule has 1 spiro atoms. The largest absolute Gasteiger partial charge is 0.490 e. The minimum absolute atomic E-state index is 0.280. The SMILES string of the molecule is O=C(O)C1(CN2CC3(Cc4ccc(OCCOc5ccccc5Cl)cc4C3)C2)CC1. The van der Waals surface area contributed by atoms with Gasteiger partial charge in [-0.05, 0) is 61.1 Å². The van der Waals surface area contributed by atoms with Crippen LogP contribution < -0.4 is 9.47 Å². The Kier molecular flexibility index (Phi) is 4.91. The number of carboxylic acids is 1. The predicted molar refractivity (Wildman–Crippen MR) is 114 cm³/mol. The van der Waals surface area contributed by atoms with Crippen molar-refractivity contribution in [2.45, 2.75) is 25.7 Å². The van der Waals surface area contributed by atoms with Crippen LogP contribution in [0.1, 0.15) is 24.0 Å². The van der Waals surface area contributed by atoms with Gasteiger partial charge >= 0.3 is 5.97 Å². The highest BCUT2D eigenvalue weighted by molar-refractivity contribution is 6.32. The summed E-state index contributed by atoms with van der Waals surface area (Å²) in [5, 5.41) is 10.0. The molecule has 158 valence electrons. The van der Waals surface area contributed by atoms with Crippen LogP contribution in [0.2, 0.25) is 5.02 Å². The maximum atomic E-state index is 11.4. The Morgan fingerprint density at radius 3 is 2.50 bits per heavy atom. The van der Waals surface area contributed by atoms with Crippen LogP contribution in [0.3, 0.4) is 0 Å². The van der Waals surface area contributed by atoms with Crippen molar-refractivity contribution < 1.29 is 19.4 Å². The number of para-hydroxylation sites is 1. The Morgan fingerprint density at radius 2 is 1.77 bits per heavy atom. The molecule has 1 saturated carbocycles. The van der Waals surface area contributed by atoms with Gasteiger partial charge in [-0.15, -0.1) is 0 Å². The van der Waals surface area contributed by atoms with Crippen LogP contribution in [0.4, 0.5) is 0 Å². The molecule has 1 saturated heterocycles. The van der Waals surface area contributed by atoms with Crippen LogP contribution >= 0.6 is 11.6 Å². The molecule has 5 rings (SSSR count). The monoisotopic (exact) mass is 427 g/mol. The van der Waals surface area contributed by atoms with E-state index in [4.69, 9.17) is 21.1 Å². The number of likely N-dealkylation sites (tertiary alicyclic amines) is 1. The third kappa shape index (κ3) is 3.77. The summed E-state index contributed by atoms with van der Waals surface area (Å²) in [6.45, 7) is 3.60. The number of rotatable bonds is 8. The van der Waals surface area contributed by atoms with Crippen molar-refractivity contribution in [1.29, 1.82) is 0 Å². The Balaban J connectivity index is 1.11. The molecule has 1 aliphatic heterocycles. The van der Waals surface area contributed by atoms with Gasteiger partial charge in [0.05, 0.1) is 10.4 Å². The standard InChI is InChI=1S/C24H26ClNO4/c25-20-3-1-2-4-21(20)30-10-9-29-19-6-5-17-12-23(13-18(17)11-19)14-26(15-23)16-24(7-8-24)22(27)28/h1-6,11H,7-10,12-16H2,(H,27,28). The van der Waals surface area contributed by atoms with Gasteiger partial charge in [-0.1, -0.05) is 29.8 Å². The molecule has 2 aromatic rings. The summed E-state index contributed by atoms with van der Waals surface area (Å²) in [6.07, 6.45) is 3.78. The summed E-state index contributed by atoms with van der Waals surface area (Å²) in [5.41, 5.74) is 2.58. The number of ether oxygens (including phenoxy) is 2. The summed E-state index contributed by atoms with van der Waals surface area (Å²) in [6, 6.07) is 13.8. The molecule has 2 aromatic carbocycles. The van der Waals surface area contributed by atoms with E-state index in [1.165, 1.54) is 11.1 Å². The average molecular weight is 428 g/mol. The van der Waals surface area contributed by atoms with Crippen LogP contribution in [0.25, 0.3) is 0 Å². The minimum Gasteiger partial charge on any atom is -0.490 e. The van der Waals surface area contributed by atoms with Crippen LogP contribution in [-0.2, 0) is 17.6 Å². The second kappa shape index (κ2) is 7.47. The maximum Gasteiger partial charge on any atom is 0.310 e. The number of aliphatic carboxylic acids is 1. The maximum absolute atomic E-state index is 11.4. The van der Waals surface area contributed by atoms with E-state index in [0.717, 1.165) is 44.5 Å². The second-order valence-electron chi connectivity index (χ2n) is 9.14. The van der Waals surface area contributed by atoms with Crippen molar-refractivity contribution in [3.05, 3.63) is 58.6 Å². The van der Waals surface area contributed by atoms with E-state index in [1.807, 2.05) is 30.3 Å². The minimum atomic E-state index is -0.626. The fourth-order valence-corrected chi connectivity index (χ4v) is 5.22. The van der Waals surface area contributed by atoms with Gasteiger partial charge in [0.1, 0.15) is 24.7 Å². The lowest BCUT2D eigenvalue weighted by atomic mass is 9.76. The number of carboxylic acid groups (broad SMARTS) is 1. The molecule has 0 unspecified atom stereocenters. The molecule has 0 bridgehead atoms. The molecule has 0 aromatic heterocycles. The van der Waals surface area contributed by atoms with Gasteiger partial charge in [-0.3, -0.25) is 4.79 Å². The van der Waals surface area contributed by atoms with Crippen molar-refractivity contribution in [2.75, 3.05) is 32.8 Å². The van der Waals surface area contributed by atoms with Crippen molar-refractivity contribution >= 4 is 17.6 Å². The summed E-state index contributed by atoms with van der Waals surface area (Å²) in [7, 11) is 0. The number of benzene rings is 2. The lowest BCUT2D eigenvalue weighted by Gasteiger charge is -2.49. The van der Waals surface area contributed by atoms with E-state index >= 15 is 0 Å². The first kappa shape index (κ1) is 19.7. The first-order valence-electron chi connectivity index (χ1n) is 10.5. The third-order valence-corrected chi connectivity index (χ3v) is 7.02. The molecule has 2 aliphatic carbocycles. The molecular weight excluding hydrogens is 402 g/mol. The second-order valence-corrected chi connectivity index (χ2v) is 9.55. The molecule has 6 heteroatoms. The summed E-state index contributed by atoms with van der Waals surface area (Å²) >= 11 is 6.10. The molecule has 0 amide bonds. The zero-order valence-electron chi connectivity index (χ0n) is 16.9. The Hall–Kier alpha value is -2.24. The van der Waals surface area contributed by atoms with E-state index < -0.39 is 11.4 Å². The molecule has 5 nitrogen and oxygen atoms in total. The van der Waals surface area contributed by atoms with Gasteiger partial charge in [0.25, 0.3) is 0 Å². The number of halogens is 1. The molecule has 0 radical (unpaired) electrons. The topological polar surface area (TPSA) is 59.0 Å². The fraction of sp³-hybridized carbons (Fsp3) is 0.458. The fourth-order valence-electron chi connectivity index (χ4n) is 5.03. The molecule has 0 atom stereocenters.